The minimum atomic E-state index is -0.474. The Bertz CT molecular complexity index is 452. The highest BCUT2D eigenvalue weighted by atomic mass is 16.6. The molecule has 0 spiro atoms. The lowest BCUT2D eigenvalue weighted by Crippen LogP contribution is -2.33. The maximum Gasteiger partial charge on any atom is 0.407 e. The monoisotopic (exact) mass is 263 g/mol. The van der Waals surface area contributed by atoms with Crippen LogP contribution in [-0.4, -0.2) is 27.8 Å². The van der Waals surface area contributed by atoms with Crippen molar-refractivity contribution in [2.75, 3.05) is 6.54 Å². The minimum Gasteiger partial charge on any atom is -0.444 e. The van der Waals surface area contributed by atoms with Crippen LogP contribution < -0.4 is 5.32 Å². The average Bonchev–Trinajstić information content (AvgIpc) is 2.71. The molecule has 1 amide bonds. The SMILES string of the molecule is C#CCCn1cncc1CCNC(=O)OC(C)(C)C. The molecule has 0 aliphatic heterocycles. The first kappa shape index (κ1) is 15.1. The zero-order valence-electron chi connectivity index (χ0n) is 11.8. The maximum absolute atomic E-state index is 11.5. The molecule has 104 valence electrons. The molecule has 1 N–H and O–H groups in total. The third kappa shape index (κ3) is 5.96. The van der Waals surface area contributed by atoms with Gasteiger partial charge in [0.1, 0.15) is 5.60 Å². The number of imidazole rings is 1. The van der Waals surface area contributed by atoms with Crippen LogP contribution >= 0.6 is 0 Å². The molecule has 0 saturated heterocycles. The quantitative estimate of drug-likeness (QED) is 0.826. The zero-order valence-corrected chi connectivity index (χ0v) is 11.8. The number of carbonyl (C=O) groups excluding carboxylic acids is 1. The van der Waals surface area contributed by atoms with Gasteiger partial charge in [-0.15, -0.1) is 12.3 Å². The number of carbonyl (C=O) groups is 1. The Morgan fingerprint density at radius 2 is 2.32 bits per heavy atom. The summed E-state index contributed by atoms with van der Waals surface area (Å²) < 4.78 is 7.15. The summed E-state index contributed by atoms with van der Waals surface area (Å²) in [4.78, 5) is 15.5. The summed E-state index contributed by atoms with van der Waals surface area (Å²) in [6, 6.07) is 0. The standard InChI is InChI=1S/C14H21N3O2/c1-5-6-9-17-11-15-10-12(17)7-8-16-13(18)19-14(2,3)4/h1,10-11H,6-9H2,2-4H3,(H,16,18). The number of nitrogens with one attached hydrogen (secondary N) is 1. The molecule has 1 heterocycles. The van der Waals surface area contributed by atoms with Crippen LogP contribution in [0.3, 0.4) is 0 Å². The van der Waals surface area contributed by atoms with Gasteiger partial charge in [-0.05, 0) is 20.8 Å². The van der Waals surface area contributed by atoms with Gasteiger partial charge in [0.2, 0.25) is 0 Å². The van der Waals surface area contributed by atoms with Crippen LogP contribution in [0.2, 0.25) is 0 Å². The number of terminal acetylenes is 1. The fourth-order valence-corrected chi connectivity index (χ4v) is 1.55. The molecule has 5 heteroatoms. The molecule has 0 bridgehead atoms. The molecular weight excluding hydrogens is 242 g/mol. The molecule has 5 nitrogen and oxygen atoms in total. The summed E-state index contributed by atoms with van der Waals surface area (Å²) in [5, 5.41) is 2.72. The molecule has 0 aliphatic carbocycles. The van der Waals surface area contributed by atoms with Crippen LogP contribution in [0.25, 0.3) is 0 Å². The Morgan fingerprint density at radius 3 is 2.95 bits per heavy atom. The summed E-state index contributed by atoms with van der Waals surface area (Å²) in [7, 11) is 0. The van der Waals surface area contributed by atoms with Crippen molar-refractivity contribution in [1.82, 2.24) is 14.9 Å². The van der Waals surface area contributed by atoms with Gasteiger partial charge in [0, 0.05) is 37.8 Å². The molecule has 0 radical (unpaired) electrons. The van der Waals surface area contributed by atoms with Crippen molar-refractivity contribution < 1.29 is 9.53 Å². The lowest BCUT2D eigenvalue weighted by atomic mass is 10.2. The second kappa shape index (κ2) is 6.83. The van der Waals surface area contributed by atoms with Crippen LogP contribution in [0.4, 0.5) is 4.79 Å². The van der Waals surface area contributed by atoms with Gasteiger partial charge in [-0.3, -0.25) is 0 Å². The van der Waals surface area contributed by atoms with Crippen molar-refractivity contribution in [2.45, 2.75) is 45.8 Å². The van der Waals surface area contributed by atoms with Crippen molar-refractivity contribution >= 4 is 6.09 Å². The molecule has 0 aliphatic rings. The molecule has 0 fully saturated rings. The van der Waals surface area contributed by atoms with E-state index in [4.69, 9.17) is 11.2 Å². The molecule has 0 unspecified atom stereocenters. The Kier molecular flexibility index (Phi) is 5.43. The number of aryl methyl sites for hydroxylation is 1. The van der Waals surface area contributed by atoms with Crippen molar-refractivity contribution in [3.8, 4) is 12.3 Å². The van der Waals surface area contributed by atoms with Crippen molar-refractivity contribution in [1.29, 1.82) is 0 Å². The van der Waals surface area contributed by atoms with E-state index in [1.54, 1.807) is 12.5 Å². The second-order valence-electron chi connectivity index (χ2n) is 5.21. The molecule has 1 aromatic heterocycles. The van der Waals surface area contributed by atoms with Gasteiger partial charge in [0.15, 0.2) is 0 Å². The molecule has 19 heavy (non-hydrogen) atoms. The highest BCUT2D eigenvalue weighted by Crippen LogP contribution is 2.06. The Labute approximate surface area is 114 Å². The first-order valence-electron chi connectivity index (χ1n) is 6.31. The third-order valence-electron chi connectivity index (χ3n) is 2.34. The van der Waals surface area contributed by atoms with E-state index in [0.717, 1.165) is 12.2 Å². The first-order chi connectivity index (χ1) is 8.92. The van der Waals surface area contributed by atoms with E-state index in [2.05, 4.69) is 16.2 Å². The van der Waals surface area contributed by atoms with Gasteiger partial charge in [0.25, 0.3) is 0 Å². The highest BCUT2D eigenvalue weighted by Gasteiger charge is 2.15. The number of rotatable bonds is 5. The molecule has 0 aromatic carbocycles. The van der Waals surface area contributed by atoms with Crippen molar-refractivity contribution in [3.05, 3.63) is 18.2 Å². The van der Waals surface area contributed by atoms with Crippen LogP contribution in [0.15, 0.2) is 12.5 Å². The number of amides is 1. The van der Waals surface area contributed by atoms with Crippen LogP contribution in [0, 0.1) is 12.3 Å². The van der Waals surface area contributed by atoms with Gasteiger partial charge < -0.3 is 14.6 Å². The predicted octanol–water partition coefficient (Wildman–Crippen LogP) is 1.97. The third-order valence-corrected chi connectivity index (χ3v) is 2.34. The average molecular weight is 263 g/mol. The normalized spacial score (nSPS) is 10.8. The Hall–Kier alpha value is -1.96. The van der Waals surface area contributed by atoms with Gasteiger partial charge in [-0.2, -0.15) is 0 Å². The van der Waals surface area contributed by atoms with Gasteiger partial charge in [-0.1, -0.05) is 0 Å². The lowest BCUT2D eigenvalue weighted by molar-refractivity contribution is 0.0528. The molecule has 1 aromatic rings. The maximum atomic E-state index is 11.5. The number of aromatic nitrogens is 2. The first-order valence-corrected chi connectivity index (χ1v) is 6.31. The highest BCUT2D eigenvalue weighted by molar-refractivity contribution is 5.67. The Balaban J connectivity index is 2.35. The predicted molar refractivity (Wildman–Crippen MR) is 73.6 cm³/mol. The summed E-state index contributed by atoms with van der Waals surface area (Å²) in [6.45, 7) is 6.76. The number of ether oxygens (including phenoxy) is 1. The van der Waals surface area contributed by atoms with Gasteiger partial charge >= 0.3 is 6.09 Å². The number of nitrogens with zero attached hydrogens (tertiary/aromatic N) is 2. The van der Waals surface area contributed by atoms with Crippen LogP contribution in [-0.2, 0) is 17.7 Å². The Morgan fingerprint density at radius 1 is 1.58 bits per heavy atom. The number of hydrogen-bond donors (Lipinski definition) is 1. The second-order valence-corrected chi connectivity index (χ2v) is 5.21. The van der Waals surface area contributed by atoms with E-state index >= 15 is 0 Å². The number of hydrogen-bond acceptors (Lipinski definition) is 3. The number of alkyl carbamates (subject to hydrolysis) is 1. The smallest absolute Gasteiger partial charge is 0.407 e. The summed E-state index contributed by atoms with van der Waals surface area (Å²) in [5.74, 6) is 2.59. The van der Waals surface area contributed by atoms with Crippen LogP contribution in [0.1, 0.15) is 32.9 Å². The van der Waals surface area contributed by atoms with E-state index in [0.29, 0.717) is 19.4 Å². The van der Waals surface area contributed by atoms with E-state index < -0.39 is 11.7 Å². The lowest BCUT2D eigenvalue weighted by Gasteiger charge is -2.19. The fourth-order valence-electron chi connectivity index (χ4n) is 1.55. The van der Waals surface area contributed by atoms with E-state index in [9.17, 15) is 4.79 Å². The van der Waals surface area contributed by atoms with Gasteiger partial charge in [0.05, 0.1) is 6.33 Å². The minimum absolute atomic E-state index is 0.401. The molecule has 1 rings (SSSR count). The fraction of sp³-hybridized carbons (Fsp3) is 0.571. The zero-order chi connectivity index (χ0) is 14.3. The summed E-state index contributed by atoms with van der Waals surface area (Å²) >= 11 is 0. The topological polar surface area (TPSA) is 56.2 Å². The summed E-state index contributed by atoms with van der Waals surface area (Å²) in [6.07, 6.45) is 9.74. The van der Waals surface area contributed by atoms with E-state index in [-0.39, 0.29) is 0 Å². The molecule has 0 atom stereocenters. The van der Waals surface area contributed by atoms with E-state index in [1.807, 2.05) is 25.3 Å². The summed E-state index contributed by atoms with van der Waals surface area (Å²) in [5.41, 5.74) is 0.574. The van der Waals surface area contributed by atoms with Crippen molar-refractivity contribution in [3.63, 3.8) is 0 Å². The molecule has 0 saturated carbocycles. The van der Waals surface area contributed by atoms with E-state index in [1.165, 1.54) is 0 Å². The van der Waals surface area contributed by atoms with Crippen molar-refractivity contribution in [2.24, 2.45) is 0 Å². The largest absolute Gasteiger partial charge is 0.444 e. The van der Waals surface area contributed by atoms with Gasteiger partial charge in [-0.25, -0.2) is 9.78 Å². The molecular formula is C14H21N3O2. The van der Waals surface area contributed by atoms with Crippen LogP contribution in [0.5, 0.6) is 0 Å².